The van der Waals surface area contributed by atoms with E-state index < -0.39 is 34.3 Å². The highest BCUT2D eigenvalue weighted by molar-refractivity contribution is 5.72. The van der Waals surface area contributed by atoms with E-state index in [1.807, 2.05) is 93.6 Å². The van der Waals surface area contributed by atoms with Gasteiger partial charge in [-0.05, 0) is 119 Å². The van der Waals surface area contributed by atoms with Gasteiger partial charge in [-0.1, -0.05) is 148 Å². The quantitative estimate of drug-likeness (QED) is 0.107. The van der Waals surface area contributed by atoms with Gasteiger partial charge in [0.25, 0.3) is 0 Å². The highest BCUT2D eigenvalue weighted by Gasteiger charge is 2.40. The Balaban J connectivity index is 1.22. The molecule has 0 fully saturated rings. The first kappa shape index (κ1) is 42.8. The largest absolute Gasteiger partial charge is 0.488 e. The molecule has 312 valence electrons. The lowest BCUT2D eigenvalue weighted by atomic mass is 9.65. The van der Waals surface area contributed by atoms with Crippen LogP contribution in [0.2, 0.25) is 0 Å². The molecule has 0 heterocycles. The van der Waals surface area contributed by atoms with Crippen molar-refractivity contribution in [1.82, 2.24) is 0 Å². The molecule has 0 aromatic heterocycles. The zero-order valence-corrected chi connectivity index (χ0v) is 34.8. The lowest BCUT2D eigenvalue weighted by Gasteiger charge is -2.37. The molecule has 0 atom stereocenters. The smallest absolute Gasteiger partial charge is 0.420 e. The first-order chi connectivity index (χ1) is 28.7. The average molecular weight is 829 g/mol. The van der Waals surface area contributed by atoms with Crippen molar-refractivity contribution < 1.29 is 35.8 Å². The second-order valence-electron chi connectivity index (χ2n) is 17.1. The summed E-state index contributed by atoms with van der Waals surface area (Å²) in [5, 5.41) is 0. The summed E-state index contributed by atoms with van der Waals surface area (Å²) >= 11 is 0. The molecule has 0 aliphatic rings. The Morgan fingerprint density at radius 3 is 1.18 bits per heavy atom. The molecule has 8 heteroatoms. The zero-order chi connectivity index (χ0) is 43.8. The van der Waals surface area contributed by atoms with Crippen molar-refractivity contribution >= 4 is 0 Å². The standard InChI is InChI=1S/C53H46F6O2/c1-49(2,3)45-31-21-37(33-46(45)52(54,55)56)35-17-19-36(20-18-35)38-22-32-48(47(34-38)53(57,58)59)60-43-27-23-41(24-28-43)51(39-13-9-7-10-14-39,40-15-11-8-12-16-40)42-25-29-44(30-26-42)61-50(4,5)6/h7-34H,1-6H3. The number of alkyl halides is 6. The summed E-state index contributed by atoms with van der Waals surface area (Å²) in [5.74, 6) is 0.570. The van der Waals surface area contributed by atoms with Crippen molar-refractivity contribution in [3.05, 3.63) is 209 Å². The first-order valence-corrected chi connectivity index (χ1v) is 20.0. The topological polar surface area (TPSA) is 18.5 Å². The molecular weight excluding hydrogens is 783 g/mol. The summed E-state index contributed by atoms with van der Waals surface area (Å²) in [5.41, 5.74) is 1.98. The molecule has 0 aliphatic carbocycles. The molecule has 0 bridgehead atoms. The summed E-state index contributed by atoms with van der Waals surface area (Å²) in [7, 11) is 0. The molecule has 0 saturated heterocycles. The van der Waals surface area contributed by atoms with Crippen LogP contribution in [-0.2, 0) is 23.2 Å². The fourth-order valence-corrected chi connectivity index (χ4v) is 7.89. The van der Waals surface area contributed by atoms with Crippen LogP contribution in [-0.4, -0.2) is 5.60 Å². The number of hydrogen-bond acceptors (Lipinski definition) is 2. The minimum absolute atomic E-state index is 0.180. The van der Waals surface area contributed by atoms with Gasteiger partial charge >= 0.3 is 12.4 Å². The molecule has 0 aliphatic heterocycles. The van der Waals surface area contributed by atoms with Crippen LogP contribution in [0, 0.1) is 0 Å². The third-order valence-electron chi connectivity index (χ3n) is 10.6. The van der Waals surface area contributed by atoms with Crippen molar-refractivity contribution in [2.75, 3.05) is 0 Å². The van der Waals surface area contributed by atoms with Crippen molar-refractivity contribution in [3.8, 4) is 39.5 Å². The van der Waals surface area contributed by atoms with Gasteiger partial charge in [-0.15, -0.1) is 0 Å². The van der Waals surface area contributed by atoms with E-state index in [0.29, 0.717) is 16.7 Å². The normalized spacial score (nSPS) is 12.6. The maximum atomic E-state index is 14.7. The predicted octanol–water partition coefficient (Wildman–Crippen LogP) is 15.7. The van der Waals surface area contributed by atoms with Crippen molar-refractivity contribution in [1.29, 1.82) is 0 Å². The van der Waals surface area contributed by atoms with Crippen LogP contribution in [0.5, 0.6) is 17.2 Å². The van der Waals surface area contributed by atoms with E-state index in [2.05, 4.69) is 24.3 Å². The van der Waals surface area contributed by atoms with E-state index >= 15 is 0 Å². The molecule has 0 unspecified atom stereocenters. The van der Waals surface area contributed by atoms with Gasteiger partial charge in [-0.3, -0.25) is 0 Å². The van der Waals surface area contributed by atoms with Crippen LogP contribution in [0.25, 0.3) is 22.3 Å². The van der Waals surface area contributed by atoms with E-state index in [9.17, 15) is 26.3 Å². The predicted molar refractivity (Wildman–Crippen MR) is 231 cm³/mol. The third kappa shape index (κ3) is 9.24. The van der Waals surface area contributed by atoms with E-state index in [1.54, 1.807) is 63.2 Å². The fraction of sp³-hybridized carbons (Fsp3) is 0.208. The molecular formula is C53H46F6O2. The molecule has 0 spiro atoms. The molecule has 0 radical (unpaired) electrons. The van der Waals surface area contributed by atoms with E-state index in [0.717, 1.165) is 40.1 Å². The Morgan fingerprint density at radius 1 is 0.361 bits per heavy atom. The molecule has 7 aromatic rings. The second-order valence-corrected chi connectivity index (χ2v) is 17.1. The van der Waals surface area contributed by atoms with Crippen LogP contribution >= 0.6 is 0 Å². The van der Waals surface area contributed by atoms with Crippen LogP contribution in [0.15, 0.2) is 170 Å². The number of benzene rings is 7. The molecule has 7 aromatic carbocycles. The minimum Gasteiger partial charge on any atom is -0.488 e. The lowest BCUT2D eigenvalue weighted by molar-refractivity contribution is -0.139. The summed E-state index contributed by atoms with van der Waals surface area (Å²) in [6, 6.07) is 49.8. The molecule has 0 amide bonds. The van der Waals surface area contributed by atoms with Gasteiger partial charge in [0.15, 0.2) is 0 Å². The van der Waals surface area contributed by atoms with Crippen LogP contribution in [0.1, 0.15) is 80.5 Å². The van der Waals surface area contributed by atoms with Gasteiger partial charge in [-0.2, -0.15) is 26.3 Å². The molecule has 0 saturated carbocycles. The van der Waals surface area contributed by atoms with Gasteiger partial charge in [0.1, 0.15) is 22.8 Å². The van der Waals surface area contributed by atoms with Crippen molar-refractivity contribution in [3.63, 3.8) is 0 Å². The van der Waals surface area contributed by atoms with Gasteiger partial charge in [0.05, 0.1) is 16.5 Å². The maximum absolute atomic E-state index is 14.7. The zero-order valence-electron chi connectivity index (χ0n) is 34.8. The molecule has 7 rings (SSSR count). The van der Waals surface area contributed by atoms with E-state index in [-0.39, 0.29) is 28.2 Å². The van der Waals surface area contributed by atoms with Gasteiger partial charge < -0.3 is 9.47 Å². The Bertz CT molecular complexity index is 2540. The van der Waals surface area contributed by atoms with Crippen LogP contribution < -0.4 is 9.47 Å². The second kappa shape index (κ2) is 16.3. The highest BCUT2D eigenvalue weighted by atomic mass is 19.4. The lowest BCUT2D eigenvalue weighted by Crippen LogP contribution is -2.31. The number of hydrogen-bond donors (Lipinski definition) is 0. The van der Waals surface area contributed by atoms with E-state index in [4.69, 9.17) is 9.47 Å². The third-order valence-corrected chi connectivity index (χ3v) is 10.6. The van der Waals surface area contributed by atoms with Crippen molar-refractivity contribution in [2.45, 2.75) is 70.3 Å². The van der Waals surface area contributed by atoms with Crippen molar-refractivity contribution in [2.24, 2.45) is 0 Å². The Hall–Kier alpha value is -6.28. The van der Waals surface area contributed by atoms with Crippen LogP contribution in [0.3, 0.4) is 0 Å². The first-order valence-electron chi connectivity index (χ1n) is 20.0. The SMILES string of the molecule is CC(C)(C)Oc1ccc(C(c2ccccc2)(c2ccccc2)c2ccc(Oc3ccc(-c4ccc(-c5ccc(C(C)(C)C)c(C(F)(F)F)c5)cc4)cc3C(F)(F)F)cc2)cc1. The number of rotatable bonds is 9. The maximum Gasteiger partial charge on any atom is 0.420 e. The van der Waals surface area contributed by atoms with Gasteiger partial charge in [-0.25, -0.2) is 0 Å². The fourth-order valence-electron chi connectivity index (χ4n) is 7.89. The summed E-state index contributed by atoms with van der Waals surface area (Å²) in [4.78, 5) is 0. The molecule has 61 heavy (non-hydrogen) atoms. The Morgan fingerprint density at radius 2 is 0.754 bits per heavy atom. The molecule has 0 N–H and O–H groups in total. The number of ether oxygens (including phenoxy) is 2. The number of halogens is 6. The summed E-state index contributed by atoms with van der Waals surface area (Å²) < 4.78 is 98.4. The Kier molecular flexibility index (Phi) is 11.4. The van der Waals surface area contributed by atoms with Crippen LogP contribution in [0.4, 0.5) is 26.3 Å². The summed E-state index contributed by atoms with van der Waals surface area (Å²) in [6.07, 6.45) is -9.31. The van der Waals surface area contributed by atoms with Gasteiger partial charge in [0.2, 0.25) is 0 Å². The van der Waals surface area contributed by atoms with Gasteiger partial charge in [0, 0.05) is 0 Å². The highest BCUT2D eigenvalue weighted by Crippen LogP contribution is 2.47. The average Bonchev–Trinajstić information content (AvgIpc) is 3.21. The minimum atomic E-state index is -4.76. The van der Waals surface area contributed by atoms with E-state index in [1.165, 1.54) is 18.2 Å². The monoisotopic (exact) mass is 828 g/mol. The summed E-state index contributed by atoms with van der Waals surface area (Å²) in [6.45, 7) is 11.1. The molecule has 2 nitrogen and oxygen atoms in total. The Labute approximate surface area is 353 Å².